The Balaban J connectivity index is 2.33. The first-order chi connectivity index (χ1) is 10.2. The fourth-order valence-electron chi connectivity index (χ4n) is 1.66. The van der Waals surface area contributed by atoms with Gasteiger partial charge < -0.3 is 11.5 Å². The molecule has 0 aromatic heterocycles. The van der Waals surface area contributed by atoms with E-state index in [0.29, 0.717) is 0 Å². The van der Waals surface area contributed by atoms with Crippen molar-refractivity contribution in [2.75, 3.05) is 10.5 Å². The van der Waals surface area contributed by atoms with Crippen LogP contribution in [0.25, 0.3) is 0 Å². The monoisotopic (exact) mass is 359 g/mol. The highest BCUT2D eigenvalue weighted by Crippen LogP contribution is 2.32. The van der Waals surface area contributed by atoms with Crippen LogP contribution in [0.2, 0.25) is 10.0 Å². The lowest BCUT2D eigenvalue weighted by atomic mass is 10.2. The number of rotatable bonds is 4. The normalized spacial score (nSPS) is 11.2. The highest BCUT2D eigenvalue weighted by Gasteiger charge is 2.16. The highest BCUT2D eigenvalue weighted by molar-refractivity contribution is 7.92. The van der Waals surface area contributed by atoms with Crippen LogP contribution in [0.1, 0.15) is 10.4 Å². The van der Waals surface area contributed by atoms with E-state index in [4.69, 9.17) is 34.7 Å². The molecular formula is C13H11Cl2N3O3S. The molecule has 0 spiro atoms. The Bertz CT molecular complexity index is 813. The molecule has 6 nitrogen and oxygen atoms in total. The zero-order valence-electron chi connectivity index (χ0n) is 11.0. The van der Waals surface area contributed by atoms with E-state index in [9.17, 15) is 13.2 Å². The van der Waals surface area contributed by atoms with Crippen LogP contribution in [-0.4, -0.2) is 14.3 Å². The molecule has 0 saturated carbocycles. The number of benzene rings is 2. The van der Waals surface area contributed by atoms with Crippen LogP contribution in [0.5, 0.6) is 0 Å². The third-order valence-electron chi connectivity index (χ3n) is 2.78. The Morgan fingerprint density at radius 1 is 1.05 bits per heavy atom. The number of nitrogens with one attached hydrogen (secondary N) is 1. The Labute approximate surface area is 137 Å². The summed E-state index contributed by atoms with van der Waals surface area (Å²) in [6, 6.07) is 7.86. The molecule has 0 saturated heterocycles. The molecule has 2 aromatic rings. The summed E-state index contributed by atoms with van der Waals surface area (Å²) in [5, 5.41) is 0.267. The van der Waals surface area contributed by atoms with Crippen LogP contribution < -0.4 is 16.2 Å². The number of sulfonamides is 1. The van der Waals surface area contributed by atoms with Crippen molar-refractivity contribution in [2.24, 2.45) is 5.73 Å². The number of carbonyl (C=O) groups excluding carboxylic acids is 1. The minimum absolute atomic E-state index is 0.0402. The van der Waals surface area contributed by atoms with Gasteiger partial charge in [0.1, 0.15) is 0 Å². The van der Waals surface area contributed by atoms with Gasteiger partial charge in [-0.05, 0) is 36.4 Å². The van der Waals surface area contributed by atoms with Gasteiger partial charge in [0.25, 0.3) is 10.0 Å². The van der Waals surface area contributed by atoms with E-state index in [0.717, 1.165) is 0 Å². The van der Waals surface area contributed by atoms with Crippen LogP contribution in [0, 0.1) is 0 Å². The van der Waals surface area contributed by atoms with E-state index in [1.54, 1.807) is 0 Å². The minimum atomic E-state index is -3.86. The van der Waals surface area contributed by atoms with Gasteiger partial charge in [-0.2, -0.15) is 0 Å². The lowest BCUT2D eigenvalue weighted by Gasteiger charge is -2.10. The zero-order valence-corrected chi connectivity index (χ0v) is 13.3. The van der Waals surface area contributed by atoms with Gasteiger partial charge in [0.2, 0.25) is 5.91 Å². The van der Waals surface area contributed by atoms with Gasteiger partial charge in [-0.15, -0.1) is 0 Å². The second kappa shape index (κ2) is 6.04. The van der Waals surface area contributed by atoms with Crippen LogP contribution >= 0.6 is 23.2 Å². The molecule has 5 N–H and O–H groups in total. The lowest BCUT2D eigenvalue weighted by Crippen LogP contribution is -2.14. The number of anilines is 2. The second-order valence-corrected chi connectivity index (χ2v) is 6.84. The summed E-state index contributed by atoms with van der Waals surface area (Å²) in [6.07, 6.45) is 0. The molecule has 1 amide bonds. The molecular weight excluding hydrogens is 349 g/mol. The molecule has 0 aliphatic carbocycles. The van der Waals surface area contributed by atoms with Crippen molar-refractivity contribution in [1.29, 1.82) is 0 Å². The van der Waals surface area contributed by atoms with Crippen LogP contribution in [-0.2, 0) is 10.0 Å². The third-order valence-corrected chi connectivity index (χ3v) is 4.80. The largest absolute Gasteiger partial charge is 0.396 e. The Morgan fingerprint density at radius 2 is 1.55 bits per heavy atom. The predicted molar refractivity (Wildman–Crippen MR) is 86.6 cm³/mol. The van der Waals surface area contributed by atoms with Crippen molar-refractivity contribution < 1.29 is 13.2 Å². The maximum absolute atomic E-state index is 12.2. The number of hydrogen-bond donors (Lipinski definition) is 3. The standard InChI is InChI=1S/C13H11Cl2N3O3S/c14-10-5-8(6-11(15)12(10)16)18-22(20,21)9-3-1-7(2-4-9)13(17)19/h1-6,18H,16H2,(H2,17,19). The first-order valence-electron chi connectivity index (χ1n) is 5.88. The van der Waals surface area contributed by atoms with Crippen LogP contribution in [0.15, 0.2) is 41.3 Å². The van der Waals surface area contributed by atoms with Gasteiger partial charge in [0.15, 0.2) is 0 Å². The Morgan fingerprint density at radius 3 is 2.00 bits per heavy atom. The molecule has 0 aliphatic heterocycles. The van der Waals surface area contributed by atoms with Crippen molar-refractivity contribution in [1.82, 2.24) is 0 Å². The van der Waals surface area contributed by atoms with E-state index in [2.05, 4.69) is 4.72 Å². The first kappa shape index (κ1) is 16.4. The molecule has 9 heteroatoms. The smallest absolute Gasteiger partial charge is 0.261 e. The number of halogens is 2. The van der Waals surface area contributed by atoms with Gasteiger partial charge in [0.05, 0.1) is 26.3 Å². The second-order valence-electron chi connectivity index (χ2n) is 4.35. The summed E-state index contributed by atoms with van der Waals surface area (Å²) in [7, 11) is -3.86. The van der Waals surface area contributed by atoms with Gasteiger partial charge >= 0.3 is 0 Å². The number of nitrogen functional groups attached to an aromatic ring is 1. The summed E-state index contributed by atoms with van der Waals surface area (Å²) in [6.45, 7) is 0. The molecule has 2 rings (SSSR count). The minimum Gasteiger partial charge on any atom is -0.396 e. The van der Waals surface area contributed by atoms with Gasteiger partial charge in [-0.25, -0.2) is 8.42 Å². The topological polar surface area (TPSA) is 115 Å². The molecule has 0 heterocycles. The van der Waals surface area contributed by atoms with Crippen LogP contribution in [0.4, 0.5) is 11.4 Å². The summed E-state index contributed by atoms with van der Waals surface area (Å²) < 4.78 is 26.8. The van der Waals surface area contributed by atoms with E-state index in [-0.39, 0.29) is 31.9 Å². The molecule has 0 unspecified atom stereocenters. The van der Waals surface area contributed by atoms with Gasteiger partial charge in [0, 0.05) is 5.56 Å². The number of carbonyl (C=O) groups is 1. The maximum Gasteiger partial charge on any atom is 0.261 e. The zero-order chi connectivity index (χ0) is 16.5. The van der Waals surface area contributed by atoms with Crippen molar-refractivity contribution in [2.45, 2.75) is 4.90 Å². The van der Waals surface area contributed by atoms with E-state index in [1.165, 1.54) is 36.4 Å². The summed E-state index contributed by atoms with van der Waals surface area (Å²) >= 11 is 11.7. The van der Waals surface area contributed by atoms with Crippen molar-refractivity contribution in [3.05, 3.63) is 52.0 Å². The number of hydrogen-bond acceptors (Lipinski definition) is 4. The summed E-state index contributed by atoms with van der Waals surface area (Å²) in [4.78, 5) is 10.9. The fraction of sp³-hybridized carbons (Fsp3) is 0. The summed E-state index contributed by atoms with van der Waals surface area (Å²) in [5.74, 6) is -0.644. The molecule has 22 heavy (non-hydrogen) atoms. The average Bonchev–Trinajstić information content (AvgIpc) is 2.44. The SMILES string of the molecule is NC(=O)c1ccc(S(=O)(=O)Nc2cc(Cl)c(N)c(Cl)c2)cc1. The number of primary amides is 1. The predicted octanol–water partition coefficient (Wildman–Crippen LogP) is 2.48. The fourth-order valence-corrected chi connectivity index (χ4v) is 3.18. The van der Waals surface area contributed by atoms with E-state index < -0.39 is 15.9 Å². The van der Waals surface area contributed by atoms with Crippen molar-refractivity contribution in [3.8, 4) is 0 Å². The van der Waals surface area contributed by atoms with E-state index in [1.807, 2.05) is 0 Å². The highest BCUT2D eigenvalue weighted by atomic mass is 35.5. The average molecular weight is 360 g/mol. The molecule has 0 fully saturated rings. The lowest BCUT2D eigenvalue weighted by molar-refractivity contribution is 0.1000. The molecule has 0 bridgehead atoms. The Hall–Kier alpha value is -1.96. The maximum atomic E-state index is 12.2. The van der Waals surface area contributed by atoms with Gasteiger partial charge in [-0.3, -0.25) is 9.52 Å². The molecule has 2 aromatic carbocycles. The van der Waals surface area contributed by atoms with Gasteiger partial charge in [-0.1, -0.05) is 23.2 Å². The first-order valence-corrected chi connectivity index (χ1v) is 8.12. The van der Waals surface area contributed by atoms with E-state index >= 15 is 0 Å². The molecule has 116 valence electrons. The Kier molecular flexibility index (Phi) is 4.50. The van der Waals surface area contributed by atoms with Crippen LogP contribution in [0.3, 0.4) is 0 Å². The molecule has 0 atom stereocenters. The summed E-state index contributed by atoms with van der Waals surface area (Å²) in [5.41, 5.74) is 11.2. The molecule has 0 aliphatic rings. The number of amides is 1. The van der Waals surface area contributed by atoms with Crippen molar-refractivity contribution >= 4 is 50.5 Å². The number of nitrogens with two attached hydrogens (primary N) is 2. The third kappa shape index (κ3) is 3.44. The molecule has 0 radical (unpaired) electrons. The quantitative estimate of drug-likeness (QED) is 0.727. The van der Waals surface area contributed by atoms with Crippen molar-refractivity contribution in [3.63, 3.8) is 0 Å².